The molecule has 0 spiro atoms. The van der Waals surface area contributed by atoms with Crippen LogP contribution in [-0.4, -0.2) is 30.9 Å². The van der Waals surface area contributed by atoms with Gasteiger partial charge in [-0.15, -0.1) is 0 Å². The maximum Gasteiger partial charge on any atom is 0.118 e. The Balaban J connectivity index is 1.87. The number of methoxy groups -OCH3 is 1. The number of hydrogen-bond acceptors (Lipinski definition) is 2. The molecule has 2 nitrogen and oxygen atoms in total. The fraction of sp³-hybridized carbons (Fsp3) is 0.571. The zero-order chi connectivity index (χ0) is 12.3. The Kier molecular flexibility index (Phi) is 4.10. The third-order valence-electron chi connectivity index (χ3n) is 3.46. The molecular formula is C14H20BrNO. The zero-order valence-electron chi connectivity index (χ0n) is 10.6. The minimum absolute atomic E-state index is 0.557. The first-order valence-corrected chi connectivity index (χ1v) is 7.17. The first-order chi connectivity index (χ1) is 8.17. The van der Waals surface area contributed by atoms with Crippen molar-refractivity contribution in [3.05, 3.63) is 29.8 Å². The van der Waals surface area contributed by atoms with Crippen LogP contribution in [0.2, 0.25) is 0 Å². The Bertz CT molecular complexity index is 359. The van der Waals surface area contributed by atoms with Crippen LogP contribution in [0, 0.1) is 5.41 Å². The van der Waals surface area contributed by atoms with E-state index in [0.717, 1.165) is 17.6 Å². The third-order valence-corrected chi connectivity index (χ3v) is 4.65. The van der Waals surface area contributed by atoms with Crippen molar-refractivity contribution >= 4 is 15.9 Å². The van der Waals surface area contributed by atoms with E-state index in [-0.39, 0.29) is 0 Å². The number of rotatable bonds is 6. The number of nitrogens with zero attached hydrogens (tertiary/aromatic N) is 1. The van der Waals surface area contributed by atoms with Crippen molar-refractivity contribution in [2.45, 2.75) is 19.4 Å². The molecule has 1 fully saturated rings. The highest BCUT2D eigenvalue weighted by Crippen LogP contribution is 2.47. The summed E-state index contributed by atoms with van der Waals surface area (Å²) in [6.45, 7) is 2.20. The van der Waals surface area contributed by atoms with Gasteiger partial charge in [0.2, 0.25) is 0 Å². The predicted molar refractivity (Wildman–Crippen MR) is 74.8 cm³/mol. The molecule has 0 N–H and O–H groups in total. The zero-order valence-corrected chi connectivity index (χ0v) is 12.2. The molecule has 0 amide bonds. The number of benzene rings is 1. The first kappa shape index (κ1) is 12.9. The van der Waals surface area contributed by atoms with Gasteiger partial charge in [-0.2, -0.15) is 0 Å². The third kappa shape index (κ3) is 3.46. The van der Waals surface area contributed by atoms with Gasteiger partial charge in [0.1, 0.15) is 5.75 Å². The van der Waals surface area contributed by atoms with Crippen LogP contribution in [0.15, 0.2) is 24.3 Å². The smallest absolute Gasteiger partial charge is 0.118 e. The molecule has 0 radical (unpaired) electrons. The summed E-state index contributed by atoms with van der Waals surface area (Å²) in [5.41, 5.74) is 1.90. The van der Waals surface area contributed by atoms with Gasteiger partial charge < -0.3 is 9.64 Å². The van der Waals surface area contributed by atoms with E-state index < -0.39 is 0 Å². The molecule has 0 heterocycles. The molecule has 0 aromatic heterocycles. The van der Waals surface area contributed by atoms with Gasteiger partial charge in [-0.3, -0.25) is 0 Å². The van der Waals surface area contributed by atoms with Crippen molar-refractivity contribution in [3.63, 3.8) is 0 Å². The summed E-state index contributed by atoms with van der Waals surface area (Å²) in [6.07, 6.45) is 2.73. The van der Waals surface area contributed by atoms with Crippen molar-refractivity contribution in [1.29, 1.82) is 0 Å². The van der Waals surface area contributed by atoms with Gasteiger partial charge in [-0.1, -0.05) is 28.1 Å². The Labute approximate surface area is 112 Å². The van der Waals surface area contributed by atoms with Crippen molar-refractivity contribution in [2.24, 2.45) is 5.41 Å². The highest BCUT2D eigenvalue weighted by atomic mass is 79.9. The Hall–Kier alpha value is -0.540. The molecule has 3 heteroatoms. The molecule has 0 bridgehead atoms. The average molecular weight is 298 g/mol. The summed E-state index contributed by atoms with van der Waals surface area (Å²) < 4.78 is 5.16. The van der Waals surface area contributed by atoms with Crippen LogP contribution in [0.25, 0.3) is 0 Å². The summed E-state index contributed by atoms with van der Waals surface area (Å²) in [5, 5.41) is 1.13. The second-order valence-corrected chi connectivity index (χ2v) is 5.71. The highest BCUT2D eigenvalue weighted by molar-refractivity contribution is 9.09. The number of hydrogen-bond donors (Lipinski definition) is 0. The van der Waals surface area contributed by atoms with E-state index in [9.17, 15) is 0 Å². The monoisotopic (exact) mass is 297 g/mol. The first-order valence-electron chi connectivity index (χ1n) is 6.05. The SMILES string of the molecule is COc1ccc(CN(C)CC2(CBr)CC2)cc1. The van der Waals surface area contributed by atoms with E-state index in [1.807, 2.05) is 12.1 Å². The molecule has 0 saturated heterocycles. The number of alkyl halides is 1. The largest absolute Gasteiger partial charge is 0.497 e. The summed E-state index contributed by atoms with van der Waals surface area (Å²) in [6, 6.07) is 8.34. The van der Waals surface area contributed by atoms with Crippen LogP contribution in [-0.2, 0) is 6.54 Å². The Morgan fingerprint density at radius 3 is 2.41 bits per heavy atom. The standard InChI is InChI=1S/C14H20BrNO/c1-16(11-14(10-15)7-8-14)9-12-3-5-13(17-2)6-4-12/h3-6H,7-11H2,1-2H3. The maximum atomic E-state index is 5.16. The summed E-state index contributed by atoms with van der Waals surface area (Å²) in [5.74, 6) is 0.926. The van der Waals surface area contributed by atoms with Crippen LogP contribution < -0.4 is 4.74 Å². The van der Waals surface area contributed by atoms with Crippen LogP contribution in [0.1, 0.15) is 18.4 Å². The molecule has 1 saturated carbocycles. The molecule has 1 aromatic rings. The molecule has 94 valence electrons. The molecule has 1 aromatic carbocycles. The van der Waals surface area contributed by atoms with Crippen LogP contribution in [0.5, 0.6) is 5.75 Å². The summed E-state index contributed by atoms with van der Waals surface area (Å²) >= 11 is 3.62. The Morgan fingerprint density at radius 1 is 1.29 bits per heavy atom. The second kappa shape index (κ2) is 5.40. The molecule has 17 heavy (non-hydrogen) atoms. The van der Waals surface area contributed by atoms with Gasteiger partial charge in [-0.25, -0.2) is 0 Å². The lowest BCUT2D eigenvalue weighted by molar-refractivity contribution is 0.271. The lowest BCUT2D eigenvalue weighted by Gasteiger charge is -2.22. The normalized spacial score (nSPS) is 17.2. The van der Waals surface area contributed by atoms with Gasteiger partial charge in [-0.05, 0) is 43.0 Å². The fourth-order valence-electron chi connectivity index (χ4n) is 2.18. The van der Waals surface area contributed by atoms with Gasteiger partial charge >= 0.3 is 0 Å². The minimum atomic E-state index is 0.557. The molecule has 0 atom stereocenters. The van der Waals surface area contributed by atoms with Gasteiger partial charge in [0, 0.05) is 18.4 Å². The highest BCUT2D eigenvalue weighted by Gasteiger charge is 2.41. The Morgan fingerprint density at radius 2 is 1.94 bits per heavy atom. The van der Waals surface area contributed by atoms with E-state index in [1.54, 1.807) is 7.11 Å². The second-order valence-electron chi connectivity index (χ2n) is 5.15. The van der Waals surface area contributed by atoms with Gasteiger partial charge in [0.25, 0.3) is 0 Å². The van der Waals surface area contributed by atoms with Crippen LogP contribution in [0.4, 0.5) is 0 Å². The number of ether oxygens (including phenoxy) is 1. The fourth-order valence-corrected chi connectivity index (χ4v) is 2.92. The van der Waals surface area contributed by atoms with E-state index in [2.05, 4.69) is 40.0 Å². The molecule has 0 unspecified atom stereocenters. The molecular weight excluding hydrogens is 278 g/mol. The molecule has 1 aliphatic carbocycles. The van der Waals surface area contributed by atoms with E-state index in [0.29, 0.717) is 5.41 Å². The van der Waals surface area contributed by atoms with Gasteiger partial charge in [0.15, 0.2) is 0 Å². The van der Waals surface area contributed by atoms with Crippen molar-refractivity contribution in [1.82, 2.24) is 4.90 Å². The average Bonchev–Trinajstić information content (AvgIpc) is 3.10. The van der Waals surface area contributed by atoms with E-state index >= 15 is 0 Å². The van der Waals surface area contributed by atoms with Crippen LogP contribution >= 0.6 is 15.9 Å². The van der Waals surface area contributed by atoms with Gasteiger partial charge in [0.05, 0.1) is 7.11 Å². The van der Waals surface area contributed by atoms with Crippen molar-refractivity contribution < 1.29 is 4.74 Å². The predicted octanol–water partition coefficient (Wildman–Crippen LogP) is 3.30. The summed E-state index contributed by atoms with van der Waals surface area (Å²) in [7, 11) is 3.90. The van der Waals surface area contributed by atoms with E-state index in [1.165, 1.54) is 24.9 Å². The lowest BCUT2D eigenvalue weighted by Crippen LogP contribution is -2.27. The quantitative estimate of drug-likeness (QED) is 0.747. The van der Waals surface area contributed by atoms with E-state index in [4.69, 9.17) is 4.74 Å². The lowest BCUT2D eigenvalue weighted by atomic mass is 10.1. The number of halogens is 1. The van der Waals surface area contributed by atoms with Crippen molar-refractivity contribution in [3.8, 4) is 5.75 Å². The molecule has 0 aliphatic heterocycles. The maximum absolute atomic E-state index is 5.16. The molecule has 1 aliphatic rings. The summed E-state index contributed by atoms with van der Waals surface area (Å²) in [4.78, 5) is 2.41. The minimum Gasteiger partial charge on any atom is -0.497 e. The van der Waals surface area contributed by atoms with Crippen molar-refractivity contribution in [2.75, 3.05) is 26.0 Å². The topological polar surface area (TPSA) is 12.5 Å². The van der Waals surface area contributed by atoms with Crippen LogP contribution in [0.3, 0.4) is 0 Å². The molecule has 2 rings (SSSR count).